The first-order valence-corrected chi connectivity index (χ1v) is 7.19. The Hall–Kier alpha value is -1.22. The largest absolute Gasteiger partial charge is 0.397 e. The third-order valence-corrected chi connectivity index (χ3v) is 4.24. The van der Waals surface area contributed by atoms with Crippen molar-refractivity contribution >= 4 is 27.3 Å². The highest BCUT2D eigenvalue weighted by Crippen LogP contribution is 2.26. The van der Waals surface area contributed by atoms with Crippen LogP contribution in [0.5, 0.6) is 0 Å². The molecule has 6 heteroatoms. The summed E-state index contributed by atoms with van der Waals surface area (Å²) in [5, 5.41) is 0.380. The Balaban J connectivity index is 2.94. The molecule has 0 radical (unpaired) electrons. The second kappa shape index (κ2) is 6.10. The molecule has 98 valence electrons. The third-order valence-electron chi connectivity index (χ3n) is 2.29. The number of halogens is 1. The minimum absolute atomic E-state index is 0.117. The second-order valence-corrected chi connectivity index (χ2v) is 5.86. The molecule has 1 aromatic rings. The summed E-state index contributed by atoms with van der Waals surface area (Å²) in [5.41, 5.74) is 6.53. The van der Waals surface area contributed by atoms with Crippen LogP contribution in [0.1, 0.15) is 18.9 Å². The first-order valence-electron chi connectivity index (χ1n) is 5.33. The average Bonchev–Trinajstić information content (AvgIpc) is 2.31. The number of anilines is 1. The van der Waals surface area contributed by atoms with Crippen molar-refractivity contribution in [1.82, 2.24) is 4.72 Å². The molecule has 1 rings (SSSR count). The fraction of sp³-hybridized carbons (Fsp3) is 0.333. The number of nitrogens with two attached hydrogens (primary N) is 1. The standard InChI is InChI=1S/C12H15ClN2O2S/c1-3-4-5-6-15-18(16,17)10-7-9(2)12(13)11(14)8-10/h7-8,15H,5-6,14H2,1-2H3. The van der Waals surface area contributed by atoms with E-state index in [1.54, 1.807) is 13.8 Å². The van der Waals surface area contributed by atoms with Gasteiger partial charge in [0.2, 0.25) is 10.0 Å². The molecule has 0 amide bonds. The molecular formula is C12H15ClN2O2S. The maximum absolute atomic E-state index is 12.0. The summed E-state index contributed by atoms with van der Waals surface area (Å²) in [4.78, 5) is 0.117. The van der Waals surface area contributed by atoms with Gasteiger partial charge in [-0.25, -0.2) is 13.1 Å². The number of rotatable bonds is 4. The molecule has 0 unspecified atom stereocenters. The molecule has 0 bridgehead atoms. The van der Waals surface area contributed by atoms with E-state index < -0.39 is 10.0 Å². The van der Waals surface area contributed by atoms with Crippen LogP contribution in [0.2, 0.25) is 5.02 Å². The molecule has 0 saturated carbocycles. The smallest absolute Gasteiger partial charge is 0.240 e. The Labute approximate surface area is 113 Å². The molecule has 0 saturated heterocycles. The van der Waals surface area contributed by atoms with Gasteiger partial charge in [0.15, 0.2) is 0 Å². The minimum atomic E-state index is -3.56. The lowest BCUT2D eigenvalue weighted by molar-refractivity contribution is 0.582. The first kappa shape index (κ1) is 14.8. The van der Waals surface area contributed by atoms with Crippen LogP contribution in [0.3, 0.4) is 0 Å². The molecule has 0 heterocycles. The monoisotopic (exact) mass is 286 g/mol. The lowest BCUT2D eigenvalue weighted by Crippen LogP contribution is -2.24. The SMILES string of the molecule is CC#CCCNS(=O)(=O)c1cc(C)c(Cl)c(N)c1. The van der Waals surface area contributed by atoms with Crippen LogP contribution < -0.4 is 10.5 Å². The van der Waals surface area contributed by atoms with Gasteiger partial charge >= 0.3 is 0 Å². The first-order chi connectivity index (χ1) is 8.38. The predicted molar refractivity (Wildman–Crippen MR) is 73.9 cm³/mol. The van der Waals surface area contributed by atoms with E-state index in [4.69, 9.17) is 17.3 Å². The molecule has 0 aliphatic rings. The molecule has 0 atom stereocenters. The second-order valence-electron chi connectivity index (χ2n) is 3.72. The fourth-order valence-corrected chi connectivity index (χ4v) is 2.63. The normalized spacial score (nSPS) is 10.8. The Morgan fingerprint density at radius 2 is 2.11 bits per heavy atom. The number of aryl methyl sites for hydroxylation is 1. The highest BCUT2D eigenvalue weighted by atomic mass is 35.5. The van der Waals surface area contributed by atoms with Crippen LogP contribution in [0.25, 0.3) is 0 Å². The predicted octanol–water partition coefficient (Wildman–Crippen LogP) is 1.92. The van der Waals surface area contributed by atoms with Crippen molar-refractivity contribution in [2.45, 2.75) is 25.2 Å². The molecule has 1 aromatic carbocycles. The number of nitrogen functional groups attached to an aromatic ring is 1. The van der Waals surface area contributed by atoms with Gasteiger partial charge in [-0.1, -0.05) is 11.6 Å². The van der Waals surface area contributed by atoms with Gasteiger partial charge in [-0.15, -0.1) is 11.8 Å². The van der Waals surface area contributed by atoms with Gasteiger partial charge in [0.1, 0.15) is 0 Å². The highest BCUT2D eigenvalue weighted by Gasteiger charge is 2.15. The summed E-state index contributed by atoms with van der Waals surface area (Å²) in [6.45, 7) is 3.68. The van der Waals surface area contributed by atoms with Crippen molar-refractivity contribution in [2.75, 3.05) is 12.3 Å². The quantitative estimate of drug-likeness (QED) is 0.505. The van der Waals surface area contributed by atoms with E-state index in [2.05, 4.69) is 16.6 Å². The number of sulfonamides is 1. The minimum Gasteiger partial charge on any atom is -0.397 e. The van der Waals surface area contributed by atoms with Crippen LogP contribution in [0.15, 0.2) is 17.0 Å². The Morgan fingerprint density at radius 1 is 1.44 bits per heavy atom. The van der Waals surface area contributed by atoms with E-state index in [0.717, 1.165) is 0 Å². The number of nitrogens with one attached hydrogen (secondary N) is 1. The molecule has 0 aliphatic carbocycles. The van der Waals surface area contributed by atoms with Crippen LogP contribution in [0, 0.1) is 18.8 Å². The maximum Gasteiger partial charge on any atom is 0.240 e. The molecule has 0 fully saturated rings. The van der Waals surface area contributed by atoms with Crippen molar-refractivity contribution in [3.8, 4) is 11.8 Å². The summed E-state index contributed by atoms with van der Waals surface area (Å²) in [5.74, 6) is 5.48. The van der Waals surface area contributed by atoms with Crippen LogP contribution in [-0.2, 0) is 10.0 Å². The molecular weight excluding hydrogens is 272 g/mol. The van der Waals surface area contributed by atoms with Gasteiger partial charge in [0, 0.05) is 13.0 Å². The molecule has 0 aromatic heterocycles. The van der Waals surface area contributed by atoms with E-state index >= 15 is 0 Å². The van der Waals surface area contributed by atoms with Gasteiger partial charge < -0.3 is 5.73 Å². The van der Waals surface area contributed by atoms with Crippen molar-refractivity contribution in [2.24, 2.45) is 0 Å². The zero-order valence-electron chi connectivity index (χ0n) is 10.2. The maximum atomic E-state index is 12.0. The number of hydrogen-bond acceptors (Lipinski definition) is 3. The third kappa shape index (κ3) is 3.64. The van der Waals surface area contributed by atoms with Gasteiger partial charge in [0.25, 0.3) is 0 Å². The molecule has 3 N–H and O–H groups in total. The van der Waals surface area contributed by atoms with Crippen molar-refractivity contribution in [3.05, 3.63) is 22.7 Å². The van der Waals surface area contributed by atoms with Gasteiger partial charge in [-0.2, -0.15) is 0 Å². The Kier molecular flexibility index (Phi) is 5.03. The van der Waals surface area contributed by atoms with E-state index in [9.17, 15) is 8.42 Å². The van der Waals surface area contributed by atoms with Gasteiger partial charge in [0.05, 0.1) is 15.6 Å². The molecule has 0 spiro atoms. The summed E-state index contributed by atoms with van der Waals surface area (Å²) < 4.78 is 26.4. The number of hydrogen-bond donors (Lipinski definition) is 2. The van der Waals surface area contributed by atoms with Gasteiger partial charge in [-0.3, -0.25) is 0 Å². The zero-order chi connectivity index (χ0) is 13.8. The Morgan fingerprint density at radius 3 is 2.67 bits per heavy atom. The lowest BCUT2D eigenvalue weighted by atomic mass is 10.2. The van der Waals surface area contributed by atoms with Crippen molar-refractivity contribution < 1.29 is 8.42 Å². The summed E-state index contributed by atoms with van der Waals surface area (Å²) in [6.07, 6.45) is 0.470. The number of benzene rings is 1. The van der Waals surface area contributed by atoms with Crippen LogP contribution in [0.4, 0.5) is 5.69 Å². The highest BCUT2D eigenvalue weighted by molar-refractivity contribution is 7.89. The van der Waals surface area contributed by atoms with E-state index in [1.165, 1.54) is 12.1 Å². The van der Waals surface area contributed by atoms with Crippen LogP contribution >= 0.6 is 11.6 Å². The van der Waals surface area contributed by atoms with E-state index in [0.29, 0.717) is 17.0 Å². The molecule has 18 heavy (non-hydrogen) atoms. The van der Waals surface area contributed by atoms with Crippen molar-refractivity contribution in [1.29, 1.82) is 0 Å². The van der Waals surface area contributed by atoms with Gasteiger partial charge in [-0.05, 0) is 31.5 Å². The lowest BCUT2D eigenvalue weighted by Gasteiger charge is -2.09. The topological polar surface area (TPSA) is 72.2 Å². The molecule has 4 nitrogen and oxygen atoms in total. The van der Waals surface area contributed by atoms with E-state index in [1.807, 2.05) is 0 Å². The Bertz CT molecular complexity index is 577. The average molecular weight is 287 g/mol. The summed E-state index contributed by atoms with van der Waals surface area (Å²) >= 11 is 5.89. The zero-order valence-corrected chi connectivity index (χ0v) is 11.8. The van der Waals surface area contributed by atoms with Crippen LogP contribution in [-0.4, -0.2) is 15.0 Å². The summed E-state index contributed by atoms with van der Waals surface area (Å²) in [6, 6.07) is 2.84. The van der Waals surface area contributed by atoms with E-state index in [-0.39, 0.29) is 17.1 Å². The van der Waals surface area contributed by atoms with Crippen molar-refractivity contribution in [3.63, 3.8) is 0 Å². The summed E-state index contributed by atoms with van der Waals surface area (Å²) in [7, 11) is -3.56. The fourth-order valence-electron chi connectivity index (χ4n) is 1.37. The molecule has 0 aliphatic heterocycles.